The summed E-state index contributed by atoms with van der Waals surface area (Å²) in [4.78, 5) is 0. The molecule has 3 saturated heterocycles. The summed E-state index contributed by atoms with van der Waals surface area (Å²) in [6.45, 7) is 1.41. The van der Waals surface area contributed by atoms with Crippen LogP contribution >= 0.6 is 0 Å². The van der Waals surface area contributed by atoms with E-state index in [9.17, 15) is 26.3 Å². The molecule has 0 amide bonds. The molecular weight excluding hydrogens is 413 g/mol. The van der Waals surface area contributed by atoms with Gasteiger partial charge in [0.2, 0.25) is 6.04 Å². The molecule has 3 aliphatic heterocycles. The van der Waals surface area contributed by atoms with Crippen molar-refractivity contribution in [3.63, 3.8) is 0 Å². The minimum absolute atomic E-state index is 0.208. The van der Waals surface area contributed by atoms with Gasteiger partial charge < -0.3 is 4.48 Å². The van der Waals surface area contributed by atoms with Gasteiger partial charge in [0.25, 0.3) is 0 Å². The lowest BCUT2D eigenvalue weighted by Crippen LogP contribution is -2.72. The lowest BCUT2D eigenvalue weighted by Gasteiger charge is -2.57. The van der Waals surface area contributed by atoms with Gasteiger partial charge in [0, 0.05) is 11.1 Å². The molecule has 0 saturated carbocycles. The highest BCUT2D eigenvalue weighted by Gasteiger charge is 2.63. The van der Waals surface area contributed by atoms with Gasteiger partial charge in [0.1, 0.15) is 13.1 Å². The molecular formula is C21H21F7N2+2. The lowest BCUT2D eigenvalue weighted by molar-refractivity contribution is -1.18. The molecule has 5 rings (SSSR count). The van der Waals surface area contributed by atoms with Gasteiger partial charge in [0.15, 0.2) is 19.1 Å². The molecule has 3 fully saturated rings. The fraction of sp³-hybridized carbons (Fsp3) is 0.429. The Morgan fingerprint density at radius 2 is 1.00 bits per heavy atom. The zero-order valence-electron chi connectivity index (χ0n) is 16.1. The molecule has 2 atom stereocenters. The Kier molecular flexibility index (Phi) is 4.70. The molecule has 2 aromatic rings. The zero-order chi connectivity index (χ0) is 21.9. The first-order valence-electron chi connectivity index (χ1n) is 9.58. The molecule has 9 heteroatoms. The zero-order valence-corrected chi connectivity index (χ0v) is 16.1. The maximum absolute atomic E-state index is 15.9. The predicted molar refractivity (Wildman–Crippen MR) is 95.4 cm³/mol. The first-order chi connectivity index (χ1) is 13.8. The van der Waals surface area contributed by atoms with Crippen LogP contribution < -0.4 is 0 Å². The Labute approximate surface area is 169 Å². The third kappa shape index (κ3) is 3.47. The van der Waals surface area contributed by atoms with Crippen LogP contribution in [0.3, 0.4) is 0 Å². The average molecular weight is 434 g/mol. The van der Waals surface area contributed by atoms with Crippen molar-refractivity contribution in [3.05, 3.63) is 70.8 Å². The summed E-state index contributed by atoms with van der Waals surface area (Å²) < 4.78 is 93.3. The van der Waals surface area contributed by atoms with Crippen LogP contribution in [-0.4, -0.2) is 42.4 Å². The summed E-state index contributed by atoms with van der Waals surface area (Å²) in [7, 11) is 1.93. The van der Waals surface area contributed by atoms with Crippen molar-refractivity contribution in [1.29, 1.82) is 0 Å². The van der Waals surface area contributed by atoms with E-state index in [1.807, 2.05) is 7.05 Å². The highest BCUT2D eigenvalue weighted by atomic mass is 19.4. The number of quaternary nitrogens is 2. The van der Waals surface area contributed by atoms with Gasteiger partial charge in [-0.1, -0.05) is 24.3 Å². The monoisotopic (exact) mass is 434 g/mol. The summed E-state index contributed by atoms with van der Waals surface area (Å²) in [6.07, 6.45) is -8.98. The molecule has 3 heterocycles. The first kappa shape index (κ1) is 21.1. The molecule has 30 heavy (non-hydrogen) atoms. The maximum atomic E-state index is 15.9. The van der Waals surface area contributed by atoms with Gasteiger partial charge >= 0.3 is 12.4 Å². The van der Waals surface area contributed by atoms with Crippen LogP contribution in [0.4, 0.5) is 30.8 Å². The second-order valence-electron chi connectivity index (χ2n) is 8.43. The van der Waals surface area contributed by atoms with Gasteiger partial charge in [-0.25, -0.2) is 0 Å². The normalized spacial score (nSPS) is 31.7. The Bertz CT molecular complexity index is 831. The van der Waals surface area contributed by atoms with Crippen LogP contribution in [0.1, 0.15) is 34.3 Å². The van der Waals surface area contributed by atoms with Crippen LogP contribution in [0.25, 0.3) is 0 Å². The largest absolute Gasteiger partial charge is 0.416 e. The van der Waals surface area contributed by atoms with E-state index in [1.165, 1.54) is 24.3 Å². The quantitative estimate of drug-likeness (QED) is 0.324. The van der Waals surface area contributed by atoms with E-state index in [-0.39, 0.29) is 13.1 Å². The van der Waals surface area contributed by atoms with E-state index in [0.717, 1.165) is 24.3 Å². The van der Waals surface area contributed by atoms with Crippen LogP contribution in [0, 0.1) is 0 Å². The number of fused-ring (bicyclic) bond motifs is 3. The smallest absolute Gasteiger partial charge is 0.305 e. The highest BCUT2D eigenvalue weighted by Crippen LogP contribution is 2.53. The molecule has 0 spiro atoms. The lowest BCUT2D eigenvalue weighted by atomic mass is 9.83. The topological polar surface area (TPSA) is 0 Å². The molecule has 0 N–H and O–H groups in total. The van der Waals surface area contributed by atoms with Crippen molar-refractivity contribution >= 4 is 0 Å². The van der Waals surface area contributed by atoms with Crippen molar-refractivity contribution < 1.29 is 40.0 Å². The molecule has 2 aromatic carbocycles. The van der Waals surface area contributed by atoms with Crippen molar-refractivity contribution in [2.45, 2.75) is 24.4 Å². The number of nitrogens with zero attached hydrogens (tertiary/aromatic N) is 2. The standard InChI is InChI=1S/C21H21F7N2/c1-29-10-12-30(28,13-11-29)19(15-4-8-17(9-5-15)21(25,26)27)18(29)14-2-6-16(7-3-14)20(22,23)24/h2-9,18-19H,10-13H2,1H3/q+2/t18-,19-,29?,30?/m1/s1. The SMILES string of the molecule is C[N+]12CC[N+](F)(CC1)[C@H](c1ccc(C(F)(F)F)cc1)[C@H]2c1ccc(C(F)(F)F)cc1. The minimum Gasteiger partial charge on any atom is -0.305 e. The van der Waals surface area contributed by atoms with E-state index < -0.39 is 40.3 Å². The third-order valence-electron chi connectivity index (χ3n) is 6.59. The molecule has 0 unspecified atom stereocenters. The van der Waals surface area contributed by atoms with Gasteiger partial charge in [0.05, 0.1) is 18.2 Å². The number of hydrogen-bond donors (Lipinski definition) is 0. The summed E-state index contributed by atoms with van der Waals surface area (Å²) >= 11 is 0. The summed E-state index contributed by atoms with van der Waals surface area (Å²) in [5, 5.41) is 0. The number of halogens is 7. The van der Waals surface area contributed by atoms with Crippen molar-refractivity contribution in [3.8, 4) is 0 Å². The number of alkyl halides is 6. The first-order valence-corrected chi connectivity index (χ1v) is 9.58. The Morgan fingerprint density at radius 1 is 0.633 bits per heavy atom. The molecule has 2 nitrogen and oxygen atoms in total. The van der Waals surface area contributed by atoms with Crippen molar-refractivity contribution in [1.82, 2.24) is 0 Å². The fourth-order valence-corrected chi connectivity index (χ4v) is 4.89. The maximum Gasteiger partial charge on any atom is 0.416 e. The summed E-state index contributed by atoms with van der Waals surface area (Å²) in [5.74, 6) is 0. The van der Waals surface area contributed by atoms with Gasteiger partial charge in [-0.3, -0.25) is 0 Å². The molecule has 0 aromatic heterocycles. The van der Waals surface area contributed by atoms with Crippen LogP contribution in [0.5, 0.6) is 0 Å². The van der Waals surface area contributed by atoms with Gasteiger partial charge in [-0.15, -0.1) is 4.71 Å². The Balaban J connectivity index is 1.78. The average Bonchev–Trinajstić information content (AvgIpc) is 2.67. The van der Waals surface area contributed by atoms with E-state index in [4.69, 9.17) is 0 Å². The van der Waals surface area contributed by atoms with Crippen LogP contribution in [0.15, 0.2) is 48.5 Å². The Morgan fingerprint density at radius 3 is 1.37 bits per heavy atom. The molecule has 0 radical (unpaired) electrons. The fourth-order valence-electron chi connectivity index (χ4n) is 4.89. The number of benzene rings is 2. The number of hydrogen-bond acceptors (Lipinski definition) is 0. The van der Waals surface area contributed by atoms with E-state index in [1.54, 1.807) is 0 Å². The molecule has 162 valence electrons. The second-order valence-corrected chi connectivity index (χ2v) is 8.43. The molecule has 3 aliphatic rings. The third-order valence-corrected chi connectivity index (χ3v) is 6.59. The van der Waals surface area contributed by atoms with Crippen LogP contribution in [-0.2, 0) is 12.4 Å². The van der Waals surface area contributed by atoms with Crippen molar-refractivity contribution in [2.24, 2.45) is 0 Å². The van der Waals surface area contributed by atoms with E-state index in [0.29, 0.717) is 28.7 Å². The Hall–Kier alpha value is -2.13. The summed E-state index contributed by atoms with van der Waals surface area (Å²) in [5.41, 5.74) is -0.645. The van der Waals surface area contributed by atoms with Gasteiger partial charge in [-0.2, -0.15) is 26.3 Å². The van der Waals surface area contributed by atoms with E-state index >= 15 is 4.48 Å². The van der Waals surface area contributed by atoms with E-state index in [2.05, 4.69) is 0 Å². The van der Waals surface area contributed by atoms with Gasteiger partial charge in [-0.05, 0) is 28.7 Å². The molecule has 2 bridgehead atoms. The summed E-state index contributed by atoms with van der Waals surface area (Å²) in [6, 6.07) is 7.83. The predicted octanol–water partition coefficient (Wildman–Crippen LogP) is 5.68. The minimum atomic E-state index is -4.50. The second kappa shape index (κ2) is 6.68. The number of rotatable bonds is 2. The molecule has 0 aliphatic carbocycles. The highest BCUT2D eigenvalue weighted by molar-refractivity contribution is 5.32. The van der Waals surface area contributed by atoms with Crippen LogP contribution in [0.2, 0.25) is 0 Å². The number of piperazine rings is 3. The van der Waals surface area contributed by atoms with Crippen molar-refractivity contribution in [2.75, 3.05) is 33.2 Å². The number of likely N-dealkylation sites (N-methyl/N-ethyl adjacent to an activating group) is 1.